The van der Waals surface area contributed by atoms with Gasteiger partial charge >= 0.3 is 5.97 Å². The maximum absolute atomic E-state index is 11.4. The lowest BCUT2D eigenvalue weighted by atomic mass is 10.1. The maximum atomic E-state index is 11.4. The molecule has 4 nitrogen and oxygen atoms in total. The van der Waals surface area contributed by atoms with Crippen LogP contribution in [0.15, 0.2) is 24.4 Å². The number of rotatable bonds is 5. The molecule has 0 saturated carbocycles. The Morgan fingerprint density at radius 3 is 2.84 bits per heavy atom. The molecule has 0 saturated heterocycles. The molecule has 19 heavy (non-hydrogen) atoms. The van der Waals surface area contributed by atoms with Gasteiger partial charge in [0.1, 0.15) is 5.75 Å². The highest BCUT2D eigenvalue weighted by Gasteiger charge is 2.10. The van der Waals surface area contributed by atoms with Gasteiger partial charge in [0.15, 0.2) is 0 Å². The van der Waals surface area contributed by atoms with Crippen molar-refractivity contribution in [3.05, 3.63) is 30.0 Å². The van der Waals surface area contributed by atoms with Crippen LogP contribution < -0.4 is 4.74 Å². The predicted octanol–water partition coefficient (Wildman–Crippen LogP) is 2.92. The number of H-pyrrole nitrogens is 1. The van der Waals surface area contributed by atoms with E-state index in [1.165, 1.54) is 7.11 Å². The first-order chi connectivity index (χ1) is 9.10. The molecule has 0 bridgehead atoms. The van der Waals surface area contributed by atoms with E-state index in [1.54, 1.807) is 0 Å². The van der Waals surface area contributed by atoms with Crippen molar-refractivity contribution >= 4 is 16.9 Å². The molecule has 2 rings (SSSR count). The fourth-order valence-corrected chi connectivity index (χ4v) is 1.88. The summed E-state index contributed by atoms with van der Waals surface area (Å²) < 4.78 is 10.4. The molecule has 1 N–H and O–H groups in total. The third-order valence-corrected chi connectivity index (χ3v) is 2.88. The molecule has 0 spiro atoms. The lowest BCUT2D eigenvalue weighted by molar-refractivity contribution is -0.139. The van der Waals surface area contributed by atoms with E-state index < -0.39 is 0 Å². The molecule has 0 atom stereocenters. The number of hydrogen-bond acceptors (Lipinski definition) is 3. The SMILES string of the molecule is COC(=O)Cc1c[nH]c2ccc(OCC(C)C)cc12. The molecule has 0 radical (unpaired) electrons. The van der Waals surface area contributed by atoms with Crippen molar-refractivity contribution in [2.75, 3.05) is 13.7 Å². The van der Waals surface area contributed by atoms with Crippen LogP contribution in [-0.2, 0) is 16.0 Å². The Morgan fingerprint density at radius 2 is 2.16 bits per heavy atom. The number of hydrogen-bond donors (Lipinski definition) is 1. The van der Waals surface area contributed by atoms with Gasteiger partial charge < -0.3 is 14.5 Å². The summed E-state index contributed by atoms with van der Waals surface area (Å²) in [6.07, 6.45) is 2.11. The largest absolute Gasteiger partial charge is 0.493 e. The molecular formula is C15H19NO3. The van der Waals surface area contributed by atoms with Gasteiger partial charge in [-0.15, -0.1) is 0 Å². The number of carbonyl (C=O) groups is 1. The number of carbonyl (C=O) groups excluding carboxylic acids is 1. The van der Waals surface area contributed by atoms with Crippen LogP contribution in [0.25, 0.3) is 10.9 Å². The fourth-order valence-electron chi connectivity index (χ4n) is 1.88. The average Bonchev–Trinajstić information content (AvgIpc) is 2.79. The molecule has 2 aromatic rings. The molecule has 0 aliphatic carbocycles. The van der Waals surface area contributed by atoms with Crippen molar-refractivity contribution in [3.63, 3.8) is 0 Å². The number of aromatic amines is 1. The molecule has 4 heteroatoms. The average molecular weight is 261 g/mol. The van der Waals surface area contributed by atoms with Gasteiger partial charge in [0.2, 0.25) is 0 Å². The maximum Gasteiger partial charge on any atom is 0.310 e. The molecule has 0 unspecified atom stereocenters. The number of methoxy groups -OCH3 is 1. The van der Waals surface area contributed by atoms with Crippen LogP contribution in [0, 0.1) is 5.92 Å². The van der Waals surface area contributed by atoms with Crippen LogP contribution in [0.3, 0.4) is 0 Å². The lowest BCUT2D eigenvalue weighted by Gasteiger charge is -2.08. The smallest absolute Gasteiger partial charge is 0.310 e. The van der Waals surface area contributed by atoms with Crippen LogP contribution in [0.5, 0.6) is 5.75 Å². The number of aromatic nitrogens is 1. The highest BCUT2D eigenvalue weighted by Crippen LogP contribution is 2.24. The van der Waals surface area contributed by atoms with E-state index in [0.29, 0.717) is 12.5 Å². The van der Waals surface area contributed by atoms with Crippen LogP contribution in [0.2, 0.25) is 0 Å². The highest BCUT2D eigenvalue weighted by atomic mass is 16.5. The Labute approximate surface area is 112 Å². The normalized spacial score (nSPS) is 10.9. The van der Waals surface area contributed by atoms with Gasteiger partial charge in [-0.25, -0.2) is 0 Å². The molecule has 0 amide bonds. The Bertz CT molecular complexity index is 572. The summed E-state index contributed by atoms with van der Waals surface area (Å²) in [4.78, 5) is 14.5. The van der Waals surface area contributed by atoms with Crippen molar-refractivity contribution in [2.45, 2.75) is 20.3 Å². The van der Waals surface area contributed by atoms with E-state index in [1.807, 2.05) is 24.4 Å². The number of benzene rings is 1. The van der Waals surface area contributed by atoms with Crippen molar-refractivity contribution in [1.82, 2.24) is 4.98 Å². The molecular weight excluding hydrogens is 242 g/mol. The first kappa shape index (κ1) is 13.5. The zero-order valence-corrected chi connectivity index (χ0v) is 11.5. The van der Waals surface area contributed by atoms with Crippen molar-refractivity contribution < 1.29 is 14.3 Å². The van der Waals surface area contributed by atoms with Gasteiger partial charge in [0, 0.05) is 17.1 Å². The second-order valence-corrected chi connectivity index (χ2v) is 4.98. The van der Waals surface area contributed by atoms with Gasteiger partial charge in [-0.3, -0.25) is 4.79 Å². The number of nitrogens with one attached hydrogen (secondary N) is 1. The second kappa shape index (κ2) is 5.78. The minimum absolute atomic E-state index is 0.241. The summed E-state index contributed by atoms with van der Waals surface area (Å²) >= 11 is 0. The summed E-state index contributed by atoms with van der Waals surface area (Å²) in [6.45, 7) is 4.90. The minimum Gasteiger partial charge on any atom is -0.493 e. The standard InChI is InChI=1S/C15H19NO3/c1-10(2)9-19-12-4-5-14-13(7-12)11(8-16-14)6-15(17)18-3/h4-5,7-8,10,16H,6,9H2,1-3H3. The first-order valence-corrected chi connectivity index (χ1v) is 6.39. The van der Waals surface area contributed by atoms with E-state index in [-0.39, 0.29) is 12.4 Å². The quantitative estimate of drug-likeness (QED) is 0.842. The van der Waals surface area contributed by atoms with Crippen LogP contribution in [-0.4, -0.2) is 24.7 Å². The molecule has 1 aromatic heterocycles. The van der Waals surface area contributed by atoms with E-state index in [2.05, 4.69) is 18.8 Å². The Hall–Kier alpha value is -1.97. The Morgan fingerprint density at radius 1 is 1.37 bits per heavy atom. The molecule has 1 aromatic carbocycles. The number of ether oxygens (including phenoxy) is 2. The molecule has 0 aliphatic heterocycles. The fraction of sp³-hybridized carbons (Fsp3) is 0.400. The molecule has 1 heterocycles. The molecule has 0 fully saturated rings. The second-order valence-electron chi connectivity index (χ2n) is 4.98. The Balaban J connectivity index is 2.24. The van der Waals surface area contributed by atoms with Crippen LogP contribution in [0.4, 0.5) is 0 Å². The number of esters is 1. The topological polar surface area (TPSA) is 51.3 Å². The van der Waals surface area contributed by atoms with Crippen LogP contribution >= 0.6 is 0 Å². The van der Waals surface area contributed by atoms with Crippen molar-refractivity contribution in [3.8, 4) is 5.75 Å². The minimum atomic E-state index is -0.241. The van der Waals surface area contributed by atoms with E-state index >= 15 is 0 Å². The lowest BCUT2D eigenvalue weighted by Crippen LogP contribution is -2.05. The first-order valence-electron chi connectivity index (χ1n) is 6.39. The molecule has 0 aliphatic rings. The van der Waals surface area contributed by atoms with Gasteiger partial charge in [0.25, 0.3) is 0 Å². The van der Waals surface area contributed by atoms with Gasteiger partial charge in [-0.05, 0) is 29.7 Å². The summed E-state index contributed by atoms with van der Waals surface area (Å²) in [6, 6.07) is 5.86. The predicted molar refractivity (Wildman–Crippen MR) is 74.4 cm³/mol. The van der Waals surface area contributed by atoms with Crippen molar-refractivity contribution in [1.29, 1.82) is 0 Å². The van der Waals surface area contributed by atoms with E-state index in [4.69, 9.17) is 9.47 Å². The monoisotopic (exact) mass is 261 g/mol. The van der Waals surface area contributed by atoms with Crippen molar-refractivity contribution in [2.24, 2.45) is 5.92 Å². The number of fused-ring (bicyclic) bond motifs is 1. The zero-order valence-electron chi connectivity index (χ0n) is 11.5. The Kier molecular flexibility index (Phi) is 4.10. The zero-order chi connectivity index (χ0) is 13.8. The summed E-state index contributed by atoms with van der Waals surface area (Å²) in [5.74, 6) is 1.07. The van der Waals surface area contributed by atoms with E-state index in [9.17, 15) is 4.79 Å². The van der Waals surface area contributed by atoms with Gasteiger partial charge in [0.05, 0.1) is 20.1 Å². The van der Waals surface area contributed by atoms with Gasteiger partial charge in [-0.1, -0.05) is 13.8 Å². The third kappa shape index (κ3) is 3.28. The highest BCUT2D eigenvalue weighted by molar-refractivity contribution is 5.88. The summed E-state index contributed by atoms with van der Waals surface area (Å²) in [5.41, 5.74) is 1.92. The van der Waals surface area contributed by atoms with Crippen LogP contribution in [0.1, 0.15) is 19.4 Å². The van der Waals surface area contributed by atoms with Gasteiger partial charge in [-0.2, -0.15) is 0 Å². The molecule has 102 valence electrons. The summed E-state index contributed by atoms with van der Waals surface area (Å²) in [5, 5.41) is 1.01. The summed E-state index contributed by atoms with van der Waals surface area (Å²) in [7, 11) is 1.40. The third-order valence-electron chi connectivity index (χ3n) is 2.88. The van der Waals surface area contributed by atoms with E-state index in [0.717, 1.165) is 22.2 Å².